The molecule has 0 aromatic heterocycles. The molecular weight excluding hydrogens is 484 g/mol. The molecule has 37 heavy (non-hydrogen) atoms. The number of amides is 1. The Labute approximate surface area is 221 Å². The van der Waals surface area contributed by atoms with E-state index in [1.54, 1.807) is 30.3 Å². The zero-order valence-corrected chi connectivity index (χ0v) is 22.0. The van der Waals surface area contributed by atoms with Gasteiger partial charge in [-0.1, -0.05) is 42.5 Å². The molecule has 0 saturated carbocycles. The van der Waals surface area contributed by atoms with Crippen LogP contribution in [0.25, 0.3) is 0 Å². The zero-order chi connectivity index (χ0) is 26.2. The van der Waals surface area contributed by atoms with Crippen LogP contribution in [0.2, 0.25) is 0 Å². The lowest BCUT2D eigenvalue weighted by molar-refractivity contribution is -0.122. The molecule has 2 N–H and O–H groups in total. The molecule has 0 radical (unpaired) electrons. The standard InChI is InChI=1S/C29H30N4O3S/c1-4-31-25-14-13-23(20(2)34)16-26(25)32-29-33(19-21-9-6-5-7-10-21)28(35)27(37-29)18-30-17-22-11-8-12-24(15-22)36-3/h5-16,18,30-31H,4,17,19H2,1-3H3/b27-18-,32-29+. The fraction of sp³-hybridized carbons (Fsp3) is 0.207. The number of carbonyl (C=O) groups excluding carboxylic acids is 2. The van der Waals surface area contributed by atoms with E-state index in [9.17, 15) is 9.59 Å². The van der Waals surface area contributed by atoms with Gasteiger partial charge in [-0.3, -0.25) is 14.5 Å². The highest BCUT2D eigenvalue weighted by atomic mass is 32.2. The van der Waals surface area contributed by atoms with Crippen molar-refractivity contribution in [3.63, 3.8) is 0 Å². The van der Waals surface area contributed by atoms with Crippen molar-refractivity contribution in [3.05, 3.63) is 101 Å². The molecular formula is C29H30N4O3S. The van der Waals surface area contributed by atoms with Crippen molar-refractivity contribution in [2.24, 2.45) is 4.99 Å². The minimum atomic E-state index is -0.126. The number of ketones is 1. The van der Waals surface area contributed by atoms with Gasteiger partial charge in [-0.15, -0.1) is 0 Å². The molecule has 3 aromatic carbocycles. The number of carbonyl (C=O) groups is 2. The first-order valence-electron chi connectivity index (χ1n) is 12.1. The van der Waals surface area contributed by atoms with Gasteiger partial charge in [0, 0.05) is 24.9 Å². The number of anilines is 1. The van der Waals surface area contributed by atoms with Crippen LogP contribution in [0.1, 0.15) is 35.3 Å². The van der Waals surface area contributed by atoms with Gasteiger partial charge in [-0.2, -0.15) is 0 Å². The number of nitrogens with one attached hydrogen (secondary N) is 2. The van der Waals surface area contributed by atoms with Crippen LogP contribution in [0.15, 0.2) is 88.9 Å². The maximum atomic E-state index is 13.5. The van der Waals surface area contributed by atoms with Gasteiger partial charge in [-0.25, -0.2) is 4.99 Å². The summed E-state index contributed by atoms with van der Waals surface area (Å²) in [4.78, 5) is 32.6. The molecule has 1 saturated heterocycles. The summed E-state index contributed by atoms with van der Waals surface area (Å²) in [7, 11) is 1.64. The van der Waals surface area contributed by atoms with Gasteiger partial charge >= 0.3 is 0 Å². The smallest absolute Gasteiger partial charge is 0.268 e. The van der Waals surface area contributed by atoms with Crippen molar-refractivity contribution in [3.8, 4) is 5.75 Å². The molecule has 190 valence electrons. The summed E-state index contributed by atoms with van der Waals surface area (Å²) in [6.07, 6.45) is 1.74. The largest absolute Gasteiger partial charge is 0.497 e. The highest BCUT2D eigenvalue weighted by Crippen LogP contribution is 2.36. The van der Waals surface area contributed by atoms with E-state index in [4.69, 9.17) is 9.73 Å². The van der Waals surface area contributed by atoms with Crippen LogP contribution in [0.3, 0.4) is 0 Å². The van der Waals surface area contributed by atoms with Gasteiger partial charge in [-0.05, 0) is 67.1 Å². The Morgan fingerprint density at radius 2 is 1.84 bits per heavy atom. The zero-order valence-electron chi connectivity index (χ0n) is 21.2. The minimum absolute atomic E-state index is 0.0388. The molecule has 8 heteroatoms. The number of aliphatic imine (C=N–C) groups is 1. The molecule has 0 bridgehead atoms. The van der Waals surface area contributed by atoms with E-state index in [1.807, 2.05) is 67.6 Å². The molecule has 1 heterocycles. The van der Waals surface area contributed by atoms with Crippen LogP contribution >= 0.6 is 11.8 Å². The van der Waals surface area contributed by atoms with Crippen molar-refractivity contribution in [2.45, 2.75) is 26.9 Å². The molecule has 1 fully saturated rings. The molecule has 3 aromatic rings. The number of rotatable bonds is 10. The highest BCUT2D eigenvalue weighted by Gasteiger charge is 2.33. The first kappa shape index (κ1) is 26.0. The van der Waals surface area contributed by atoms with Gasteiger partial charge in [0.1, 0.15) is 5.75 Å². The summed E-state index contributed by atoms with van der Waals surface area (Å²) in [5.41, 5.74) is 4.03. The SMILES string of the molecule is CCNc1ccc(C(C)=O)cc1/N=C1/S/C(=C\NCc2cccc(OC)c2)C(=O)N1Cc1ccccc1. The van der Waals surface area contributed by atoms with E-state index >= 15 is 0 Å². The Balaban J connectivity index is 1.64. The van der Waals surface area contributed by atoms with E-state index in [-0.39, 0.29) is 11.7 Å². The van der Waals surface area contributed by atoms with Crippen molar-refractivity contribution in [1.82, 2.24) is 10.2 Å². The van der Waals surface area contributed by atoms with Crippen LogP contribution < -0.4 is 15.4 Å². The van der Waals surface area contributed by atoms with Gasteiger partial charge in [0.05, 0.1) is 29.9 Å². The summed E-state index contributed by atoms with van der Waals surface area (Å²) in [6, 6.07) is 23.0. The molecule has 0 aliphatic carbocycles. The van der Waals surface area contributed by atoms with Crippen molar-refractivity contribution in [1.29, 1.82) is 0 Å². The second kappa shape index (κ2) is 12.3. The van der Waals surface area contributed by atoms with E-state index in [2.05, 4.69) is 10.6 Å². The first-order valence-corrected chi connectivity index (χ1v) is 12.9. The molecule has 7 nitrogen and oxygen atoms in total. The summed E-state index contributed by atoms with van der Waals surface area (Å²) >= 11 is 1.31. The monoisotopic (exact) mass is 514 g/mol. The lowest BCUT2D eigenvalue weighted by Crippen LogP contribution is -2.28. The van der Waals surface area contributed by atoms with Crippen molar-refractivity contribution in [2.75, 3.05) is 19.0 Å². The Morgan fingerprint density at radius 1 is 1.05 bits per heavy atom. The second-order valence-corrected chi connectivity index (χ2v) is 9.44. The molecule has 1 aliphatic rings. The lowest BCUT2D eigenvalue weighted by atomic mass is 10.1. The number of amidine groups is 1. The molecule has 0 spiro atoms. The molecule has 0 atom stereocenters. The van der Waals surface area contributed by atoms with Gasteiger partial charge < -0.3 is 15.4 Å². The summed E-state index contributed by atoms with van der Waals surface area (Å²) < 4.78 is 5.29. The summed E-state index contributed by atoms with van der Waals surface area (Å²) in [5, 5.41) is 7.11. The van der Waals surface area contributed by atoms with Crippen LogP contribution in [-0.4, -0.2) is 35.4 Å². The van der Waals surface area contributed by atoms with Gasteiger partial charge in [0.15, 0.2) is 11.0 Å². The van der Waals surface area contributed by atoms with Gasteiger partial charge in [0.2, 0.25) is 0 Å². The van der Waals surface area contributed by atoms with Crippen LogP contribution in [0.5, 0.6) is 5.75 Å². The molecule has 0 unspecified atom stereocenters. The number of ether oxygens (including phenoxy) is 1. The van der Waals surface area contributed by atoms with E-state index in [0.717, 1.165) is 22.6 Å². The van der Waals surface area contributed by atoms with Crippen LogP contribution in [-0.2, 0) is 17.9 Å². The Morgan fingerprint density at radius 3 is 2.57 bits per heavy atom. The molecule has 1 aliphatic heterocycles. The third kappa shape index (κ3) is 6.59. The maximum Gasteiger partial charge on any atom is 0.268 e. The summed E-state index contributed by atoms with van der Waals surface area (Å²) in [5.74, 6) is 0.618. The Hall–Kier alpha value is -4.04. The fourth-order valence-corrected chi connectivity index (χ4v) is 4.77. The number of nitrogens with zero attached hydrogens (tertiary/aromatic N) is 2. The first-order chi connectivity index (χ1) is 18.0. The summed E-state index contributed by atoms with van der Waals surface area (Å²) in [6.45, 7) is 5.17. The second-order valence-electron chi connectivity index (χ2n) is 8.43. The predicted molar refractivity (Wildman–Crippen MR) is 150 cm³/mol. The molecule has 1 amide bonds. The van der Waals surface area contributed by atoms with Crippen LogP contribution in [0, 0.1) is 0 Å². The topological polar surface area (TPSA) is 83.0 Å². The average molecular weight is 515 g/mol. The number of thioether (sulfide) groups is 1. The predicted octanol–water partition coefficient (Wildman–Crippen LogP) is 5.72. The quantitative estimate of drug-likeness (QED) is 0.266. The normalized spacial score (nSPS) is 15.3. The third-order valence-corrected chi connectivity index (χ3v) is 6.74. The minimum Gasteiger partial charge on any atom is -0.497 e. The Bertz CT molecular complexity index is 1340. The van der Waals surface area contributed by atoms with E-state index in [0.29, 0.717) is 41.0 Å². The average Bonchev–Trinajstić information content (AvgIpc) is 3.19. The van der Waals surface area contributed by atoms with Crippen molar-refractivity contribution >= 4 is 40.0 Å². The number of Topliss-reactive ketones (excluding diaryl/α,β-unsaturated/α-hetero) is 1. The van der Waals surface area contributed by atoms with Crippen molar-refractivity contribution < 1.29 is 14.3 Å². The maximum absolute atomic E-state index is 13.5. The highest BCUT2D eigenvalue weighted by molar-refractivity contribution is 8.18. The molecule has 4 rings (SSSR count). The number of hydrogen-bond donors (Lipinski definition) is 2. The Kier molecular flexibility index (Phi) is 8.64. The number of hydrogen-bond acceptors (Lipinski definition) is 7. The van der Waals surface area contributed by atoms with Crippen LogP contribution in [0.4, 0.5) is 11.4 Å². The van der Waals surface area contributed by atoms with Gasteiger partial charge in [0.25, 0.3) is 5.91 Å². The van der Waals surface area contributed by atoms with E-state index < -0.39 is 0 Å². The van der Waals surface area contributed by atoms with E-state index in [1.165, 1.54) is 18.7 Å². The fourth-order valence-electron chi connectivity index (χ4n) is 3.83. The number of benzene rings is 3. The third-order valence-electron chi connectivity index (χ3n) is 5.73. The lowest BCUT2D eigenvalue weighted by Gasteiger charge is -2.16. The number of methoxy groups -OCH3 is 1.